The van der Waals surface area contributed by atoms with Crippen LogP contribution in [0.25, 0.3) is 0 Å². The van der Waals surface area contributed by atoms with Crippen molar-refractivity contribution in [2.75, 3.05) is 6.54 Å². The fourth-order valence-electron chi connectivity index (χ4n) is 4.03. The first-order valence-corrected chi connectivity index (χ1v) is 13.9. The summed E-state index contributed by atoms with van der Waals surface area (Å²) in [6.45, 7) is 0.321. The Morgan fingerprint density at radius 2 is 0.976 bits per heavy atom. The minimum Gasteiger partial charge on any atom is -0.461 e. The number of benzene rings is 3. The summed E-state index contributed by atoms with van der Waals surface area (Å²) >= 11 is 0. The Hall–Kier alpha value is -4.50. The van der Waals surface area contributed by atoms with E-state index in [0.29, 0.717) is 19.3 Å². The molecule has 3 aromatic rings. The minimum absolute atomic E-state index is 0.0381. The van der Waals surface area contributed by atoms with E-state index in [1.807, 2.05) is 42.5 Å². The molecule has 222 valence electrons. The molecule has 1 amide bonds. The average molecular weight is 576 g/mol. The van der Waals surface area contributed by atoms with Gasteiger partial charge in [-0.2, -0.15) is 0 Å². The van der Waals surface area contributed by atoms with Crippen LogP contribution in [0.5, 0.6) is 0 Å². The largest absolute Gasteiger partial charge is 0.461 e. The molecule has 0 spiro atoms. The summed E-state index contributed by atoms with van der Waals surface area (Å²) in [5.41, 5.74) is 0.0343. The molecule has 0 saturated carbocycles. The van der Waals surface area contributed by atoms with E-state index in [1.54, 1.807) is 48.5 Å². The van der Waals surface area contributed by atoms with Gasteiger partial charge in [0.25, 0.3) is 5.91 Å². The molecule has 0 heterocycles. The lowest BCUT2D eigenvalue weighted by atomic mass is 9.94. The van der Waals surface area contributed by atoms with Crippen molar-refractivity contribution in [1.29, 1.82) is 0 Å². The third-order valence-electron chi connectivity index (χ3n) is 6.37. The third kappa shape index (κ3) is 11.9. The number of carbonyl (C=O) groups excluding carboxylic acids is 4. The van der Waals surface area contributed by atoms with Gasteiger partial charge < -0.3 is 24.6 Å². The van der Waals surface area contributed by atoms with Gasteiger partial charge in [0, 0.05) is 13.0 Å². The van der Waals surface area contributed by atoms with Gasteiger partial charge >= 0.3 is 17.9 Å². The van der Waals surface area contributed by atoms with Gasteiger partial charge in [-0.05, 0) is 29.5 Å². The molecule has 0 saturated heterocycles. The fraction of sp³-hybridized carbons (Fsp3) is 0.333. The van der Waals surface area contributed by atoms with E-state index >= 15 is 0 Å². The summed E-state index contributed by atoms with van der Waals surface area (Å²) in [6.07, 6.45) is 0.497. The Kier molecular flexibility index (Phi) is 13.2. The van der Waals surface area contributed by atoms with Crippen LogP contribution in [0.1, 0.15) is 55.2 Å². The molecule has 0 bridgehead atoms. The van der Waals surface area contributed by atoms with Crippen LogP contribution in [0.2, 0.25) is 0 Å². The second-order valence-electron chi connectivity index (χ2n) is 9.89. The number of ether oxygens (including phenoxy) is 3. The molecule has 0 radical (unpaired) electrons. The normalized spacial score (nSPS) is 10.9. The summed E-state index contributed by atoms with van der Waals surface area (Å²) in [7, 11) is 0. The Balaban J connectivity index is 1.45. The molecule has 3 rings (SSSR count). The lowest BCUT2D eigenvalue weighted by Crippen LogP contribution is -2.50. The van der Waals surface area contributed by atoms with Crippen molar-refractivity contribution < 1.29 is 38.5 Å². The van der Waals surface area contributed by atoms with Crippen LogP contribution < -0.4 is 5.32 Å². The second-order valence-corrected chi connectivity index (χ2v) is 9.89. The predicted octanol–water partition coefficient (Wildman–Crippen LogP) is 4.40. The topological polar surface area (TPSA) is 128 Å². The maximum atomic E-state index is 13.0. The van der Waals surface area contributed by atoms with Gasteiger partial charge in [-0.3, -0.25) is 19.2 Å². The number of carbonyl (C=O) groups is 4. The Morgan fingerprint density at radius 3 is 1.40 bits per heavy atom. The van der Waals surface area contributed by atoms with Gasteiger partial charge in [-0.15, -0.1) is 0 Å². The number of unbranched alkanes of at least 4 members (excludes halogenated alkanes) is 2. The van der Waals surface area contributed by atoms with Crippen molar-refractivity contribution in [3.63, 3.8) is 0 Å². The molecule has 9 nitrogen and oxygen atoms in total. The van der Waals surface area contributed by atoms with Gasteiger partial charge in [-0.1, -0.05) is 97.4 Å². The maximum Gasteiger partial charge on any atom is 0.309 e. The molecule has 0 fully saturated rings. The first-order chi connectivity index (χ1) is 20.3. The molecule has 0 aliphatic carbocycles. The summed E-state index contributed by atoms with van der Waals surface area (Å²) in [5.74, 6) is -2.85. The predicted molar refractivity (Wildman–Crippen MR) is 154 cm³/mol. The standard InChI is InChI=1S/C33H37NO8/c35-29(40-23-26-13-5-1-6-14-26)19-11-4-12-20-34-32(38)33(39,21-30(36)41-24-27-15-7-2-8-16-27)22-31(37)42-25-28-17-9-3-10-18-28/h1-3,5-10,13-18,39H,4,11-12,19-25H2,(H,34,38). The average Bonchev–Trinajstić information content (AvgIpc) is 3.01. The summed E-state index contributed by atoms with van der Waals surface area (Å²) < 4.78 is 15.7. The number of hydrogen-bond donors (Lipinski definition) is 2. The van der Waals surface area contributed by atoms with E-state index < -0.39 is 36.3 Å². The Labute approximate surface area is 245 Å². The zero-order valence-corrected chi connectivity index (χ0v) is 23.5. The molecule has 9 heteroatoms. The van der Waals surface area contributed by atoms with Crippen molar-refractivity contribution in [2.45, 2.75) is 63.9 Å². The Morgan fingerprint density at radius 1 is 0.571 bits per heavy atom. The van der Waals surface area contributed by atoms with Gasteiger partial charge in [0.05, 0.1) is 12.8 Å². The van der Waals surface area contributed by atoms with Gasteiger partial charge in [0.2, 0.25) is 0 Å². The zero-order valence-electron chi connectivity index (χ0n) is 23.5. The van der Waals surface area contributed by atoms with Gasteiger partial charge in [0.15, 0.2) is 5.60 Å². The Bertz CT molecular complexity index is 1210. The highest BCUT2D eigenvalue weighted by atomic mass is 16.5. The van der Waals surface area contributed by atoms with Crippen molar-refractivity contribution >= 4 is 23.8 Å². The summed E-state index contributed by atoms with van der Waals surface area (Å²) in [6, 6.07) is 27.3. The first-order valence-electron chi connectivity index (χ1n) is 13.9. The van der Waals surface area contributed by atoms with E-state index in [2.05, 4.69) is 5.32 Å². The van der Waals surface area contributed by atoms with Crippen LogP contribution in [-0.2, 0) is 53.2 Å². The smallest absolute Gasteiger partial charge is 0.309 e. The number of amides is 1. The van der Waals surface area contributed by atoms with E-state index in [0.717, 1.165) is 16.7 Å². The van der Waals surface area contributed by atoms with Gasteiger partial charge in [-0.25, -0.2) is 0 Å². The highest BCUT2D eigenvalue weighted by molar-refractivity contribution is 5.93. The molecule has 0 unspecified atom stereocenters. The number of aliphatic hydroxyl groups is 1. The van der Waals surface area contributed by atoms with Crippen LogP contribution >= 0.6 is 0 Å². The molecule has 0 aliphatic heterocycles. The molecule has 0 atom stereocenters. The highest BCUT2D eigenvalue weighted by Gasteiger charge is 2.41. The highest BCUT2D eigenvalue weighted by Crippen LogP contribution is 2.20. The SMILES string of the molecule is O=C(CCCCCNC(=O)C(O)(CC(=O)OCc1ccccc1)CC(=O)OCc1ccccc1)OCc1ccccc1. The first kappa shape index (κ1) is 32.0. The molecule has 0 aromatic heterocycles. The number of esters is 3. The van der Waals surface area contributed by atoms with Crippen molar-refractivity contribution in [3.8, 4) is 0 Å². The zero-order chi connectivity index (χ0) is 30.0. The van der Waals surface area contributed by atoms with Crippen LogP contribution in [0.15, 0.2) is 91.0 Å². The van der Waals surface area contributed by atoms with E-state index in [4.69, 9.17) is 14.2 Å². The van der Waals surface area contributed by atoms with Gasteiger partial charge in [0.1, 0.15) is 19.8 Å². The van der Waals surface area contributed by atoms with E-state index in [9.17, 15) is 24.3 Å². The van der Waals surface area contributed by atoms with E-state index in [1.165, 1.54) is 0 Å². The molecule has 42 heavy (non-hydrogen) atoms. The summed E-state index contributed by atoms with van der Waals surface area (Å²) in [5, 5.41) is 13.8. The lowest BCUT2D eigenvalue weighted by Gasteiger charge is -2.25. The third-order valence-corrected chi connectivity index (χ3v) is 6.37. The number of hydrogen-bond acceptors (Lipinski definition) is 8. The van der Waals surface area contributed by atoms with Crippen molar-refractivity contribution in [3.05, 3.63) is 108 Å². The summed E-state index contributed by atoms with van der Waals surface area (Å²) in [4.78, 5) is 50.1. The van der Waals surface area contributed by atoms with Crippen molar-refractivity contribution in [2.24, 2.45) is 0 Å². The molecular weight excluding hydrogens is 538 g/mol. The van der Waals surface area contributed by atoms with Crippen LogP contribution in [0.3, 0.4) is 0 Å². The molecule has 0 aliphatic rings. The van der Waals surface area contributed by atoms with E-state index in [-0.39, 0.29) is 38.8 Å². The monoisotopic (exact) mass is 575 g/mol. The lowest BCUT2D eigenvalue weighted by molar-refractivity contribution is -0.164. The quantitative estimate of drug-likeness (QED) is 0.138. The number of rotatable bonds is 17. The van der Waals surface area contributed by atoms with Crippen LogP contribution in [0, 0.1) is 0 Å². The number of nitrogens with one attached hydrogen (secondary N) is 1. The van der Waals surface area contributed by atoms with Crippen LogP contribution in [-0.4, -0.2) is 41.1 Å². The minimum atomic E-state index is -2.36. The fourth-order valence-corrected chi connectivity index (χ4v) is 4.03. The molecular formula is C33H37NO8. The maximum absolute atomic E-state index is 13.0. The second kappa shape index (κ2) is 17.3. The van der Waals surface area contributed by atoms with Crippen LogP contribution in [0.4, 0.5) is 0 Å². The molecule has 2 N–H and O–H groups in total. The van der Waals surface area contributed by atoms with Crippen molar-refractivity contribution in [1.82, 2.24) is 5.32 Å². The molecule has 3 aromatic carbocycles.